The Hall–Kier alpha value is 0.917. The largest absolute Gasteiger partial charge is 3.00 e. The van der Waals surface area contributed by atoms with Gasteiger partial charge in [0.05, 0.1) is 0 Å². The second-order valence-corrected chi connectivity index (χ2v) is 0.500. The van der Waals surface area contributed by atoms with Crippen molar-refractivity contribution in [2.75, 3.05) is 0 Å². The Morgan fingerprint density at radius 3 is 0.800 bits per heavy atom. The van der Waals surface area contributed by atoms with Gasteiger partial charge in [0, 0.05) is 0 Å². The third kappa shape index (κ3) is 665. The van der Waals surface area contributed by atoms with E-state index in [1.165, 1.54) is 0 Å². The van der Waals surface area contributed by atoms with E-state index in [4.69, 9.17) is 30.0 Å². The molecule has 0 amide bonds. The molecule has 0 rings (SSSR count). The van der Waals surface area contributed by atoms with Gasteiger partial charge in [0.2, 0.25) is 0 Å². The average molecular weight is 356 g/mol. The maximum atomic E-state index is 8.33. The Morgan fingerprint density at radius 2 is 0.800 bits per heavy atom. The van der Waals surface area contributed by atoms with Crippen molar-refractivity contribution >= 4 is 12.3 Å². The minimum atomic E-state index is -2.33. The van der Waals surface area contributed by atoms with Gasteiger partial charge < -0.3 is 30.0 Å². The summed E-state index contributed by atoms with van der Waals surface area (Å²) in [6, 6.07) is 0. The first-order chi connectivity index (χ1) is 3.46. The number of carboxylic acid groups (broad SMARTS) is 4. The number of carbonyl (C=O) groups is 2. The molecule has 0 saturated heterocycles. The van der Waals surface area contributed by atoms with Crippen LogP contribution in [0.2, 0.25) is 0 Å². The van der Waals surface area contributed by atoms with Crippen molar-refractivity contribution in [3.63, 3.8) is 0 Å². The maximum absolute atomic E-state index is 8.33. The van der Waals surface area contributed by atoms with Gasteiger partial charge in [0.1, 0.15) is 0 Å². The molecular weight excluding hydrogens is 356 g/mol. The molecule has 0 atom stereocenters. The predicted octanol–water partition coefficient (Wildman–Crippen LogP) is -7.89. The minimum absolute atomic E-state index is 0. The van der Waals surface area contributed by atoms with Crippen molar-refractivity contribution in [2.24, 2.45) is 0 Å². The van der Waals surface area contributed by atoms with Crippen LogP contribution >= 0.6 is 0 Å². The van der Waals surface area contributed by atoms with E-state index in [0.29, 0.717) is 0 Å². The molecule has 0 aliphatic carbocycles. The van der Waals surface area contributed by atoms with Crippen molar-refractivity contribution in [3.8, 4) is 0 Å². The smallest absolute Gasteiger partial charge is 0.652 e. The van der Waals surface area contributed by atoms with Gasteiger partial charge in [-0.15, -0.1) is 0 Å². The van der Waals surface area contributed by atoms with Crippen molar-refractivity contribution in [1.82, 2.24) is 0 Å². The Morgan fingerprint density at radius 1 is 0.800 bits per heavy atom. The Kier molecular flexibility index (Phi) is 37.0. The Bertz CT molecular complexity index is 73.7. The molecule has 0 aromatic rings. The fraction of sp³-hybridized carbons (Fsp3) is 0. The molecule has 10 heavy (non-hydrogen) atoms. The third-order valence-corrected chi connectivity index (χ3v) is 0. The van der Waals surface area contributed by atoms with Crippen LogP contribution in [0.3, 0.4) is 0 Å². The second-order valence-electron chi connectivity index (χ2n) is 0.500. The zero-order chi connectivity index (χ0) is 7.15. The third-order valence-electron chi connectivity index (χ3n) is 0. The summed E-state index contributed by atoms with van der Waals surface area (Å²) in [6.07, 6.45) is -4.67. The quantitative estimate of drug-likeness (QED) is 0.397. The summed E-state index contributed by atoms with van der Waals surface area (Å²) < 4.78 is 0. The fourth-order valence-electron chi connectivity index (χ4n) is 0. The summed E-state index contributed by atoms with van der Waals surface area (Å²) in [5, 5.41) is 33.3. The predicted molar refractivity (Wildman–Crippen MR) is 10.8 cm³/mol. The number of carbonyl (C=O) groups excluding carboxylic acids is 2. The molecule has 0 aliphatic rings. The molecule has 8 heteroatoms. The topological polar surface area (TPSA) is 126 Å². The Balaban J connectivity index is -0.0000000300. The SMILES string of the molecule is O=C([O-])[O-].O=C([O-])[O-].[Au+3].[K+]. The molecule has 0 saturated carbocycles. The molecule has 0 heterocycles. The summed E-state index contributed by atoms with van der Waals surface area (Å²) in [6.45, 7) is 0. The van der Waals surface area contributed by atoms with Gasteiger partial charge in [-0.1, -0.05) is 0 Å². The van der Waals surface area contributed by atoms with Gasteiger partial charge in [-0.2, -0.15) is 0 Å². The van der Waals surface area contributed by atoms with Crippen LogP contribution in [0.4, 0.5) is 9.59 Å². The van der Waals surface area contributed by atoms with Crippen LogP contribution in [0.1, 0.15) is 0 Å². The summed E-state index contributed by atoms with van der Waals surface area (Å²) in [5.74, 6) is 0. The summed E-state index contributed by atoms with van der Waals surface area (Å²) in [5.41, 5.74) is 0. The van der Waals surface area contributed by atoms with E-state index >= 15 is 0 Å². The van der Waals surface area contributed by atoms with E-state index in [1.807, 2.05) is 0 Å². The van der Waals surface area contributed by atoms with E-state index in [1.54, 1.807) is 0 Å². The number of rotatable bonds is 0. The van der Waals surface area contributed by atoms with Crippen LogP contribution in [-0.2, 0) is 22.4 Å². The molecule has 6 nitrogen and oxygen atoms in total. The van der Waals surface area contributed by atoms with Crippen molar-refractivity contribution in [1.29, 1.82) is 0 Å². The van der Waals surface area contributed by atoms with Gasteiger partial charge in [-0.25, -0.2) is 0 Å². The van der Waals surface area contributed by atoms with E-state index < -0.39 is 12.3 Å². The molecule has 0 aromatic heterocycles. The zero-order valence-corrected chi connectivity index (χ0v) is 10.0. The number of hydrogen-bond acceptors (Lipinski definition) is 6. The fourth-order valence-corrected chi connectivity index (χ4v) is 0. The maximum Gasteiger partial charge on any atom is 3.00 e. The molecule has 0 N–H and O–H groups in total. The van der Waals surface area contributed by atoms with Crippen molar-refractivity contribution in [2.45, 2.75) is 0 Å². The summed E-state index contributed by atoms with van der Waals surface area (Å²) in [7, 11) is 0. The average Bonchev–Trinajstić information content (AvgIpc) is 1.25. The standard InChI is InChI=1S/2CH2O3.Au.K/c2*2-1(3)4;;/h2*(H2,2,3,4);;/q;;+3;+1/p-4. The minimum Gasteiger partial charge on any atom is -0.652 e. The summed E-state index contributed by atoms with van der Waals surface area (Å²) >= 11 is 0. The molecule has 56 valence electrons. The van der Waals surface area contributed by atoms with Crippen LogP contribution in [0.5, 0.6) is 0 Å². The van der Waals surface area contributed by atoms with Gasteiger partial charge in [-0.05, 0) is 12.3 Å². The van der Waals surface area contributed by atoms with Gasteiger partial charge >= 0.3 is 73.8 Å². The molecule has 0 fully saturated rings. The molecular formula is C2AuKO6. The van der Waals surface area contributed by atoms with Gasteiger partial charge in [-0.3, -0.25) is 0 Å². The molecule has 0 bridgehead atoms. The number of hydrogen-bond donors (Lipinski definition) is 0. The van der Waals surface area contributed by atoms with E-state index in [9.17, 15) is 0 Å². The van der Waals surface area contributed by atoms with Crippen LogP contribution < -0.4 is 71.8 Å². The zero-order valence-electron chi connectivity index (χ0n) is 4.75. The molecule has 0 radical (unpaired) electrons. The van der Waals surface area contributed by atoms with Gasteiger partial charge in [0.25, 0.3) is 0 Å². The Labute approximate surface area is 114 Å². The van der Waals surface area contributed by atoms with Crippen LogP contribution in [0.15, 0.2) is 0 Å². The first-order valence-electron chi connectivity index (χ1n) is 1.22. The van der Waals surface area contributed by atoms with Crippen molar-refractivity contribution < 1.29 is 104 Å². The first-order valence-corrected chi connectivity index (χ1v) is 1.22. The second kappa shape index (κ2) is 16.5. The monoisotopic (exact) mass is 356 g/mol. The normalized spacial score (nSPS) is 4.80. The van der Waals surface area contributed by atoms with Crippen LogP contribution in [0.25, 0.3) is 0 Å². The van der Waals surface area contributed by atoms with Crippen molar-refractivity contribution in [3.05, 3.63) is 0 Å². The van der Waals surface area contributed by atoms with E-state index in [0.717, 1.165) is 0 Å². The van der Waals surface area contributed by atoms with E-state index in [-0.39, 0.29) is 73.8 Å². The molecule has 0 spiro atoms. The summed E-state index contributed by atoms with van der Waals surface area (Å²) in [4.78, 5) is 16.7. The molecule has 0 aromatic carbocycles. The van der Waals surface area contributed by atoms with Gasteiger partial charge in [0.15, 0.2) is 0 Å². The molecule has 0 unspecified atom stereocenters. The van der Waals surface area contributed by atoms with Crippen LogP contribution in [0, 0.1) is 0 Å². The van der Waals surface area contributed by atoms with E-state index in [2.05, 4.69) is 0 Å². The molecule has 0 aliphatic heterocycles. The van der Waals surface area contributed by atoms with Crippen LogP contribution in [-0.4, -0.2) is 12.3 Å². The first kappa shape index (κ1) is 22.4.